The zero-order valence-electron chi connectivity index (χ0n) is 19.5. The van der Waals surface area contributed by atoms with E-state index in [0.717, 1.165) is 38.3 Å². The predicted molar refractivity (Wildman–Crippen MR) is 123 cm³/mol. The average Bonchev–Trinajstić information content (AvgIpc) is 3.44. The molecule has 1 unspecified atom stereocenters. The third-order valence-corrected chi connectivity index (χ3v) is 6.48. The van der Waals surface area contributed by atoms with Gasteiger partial charge in [0.1, 0.15) is 0 Å². The standard InChI is InChI=1S/C23H35N5O4/c1-15(2)32-22(29)27-12-16(3)28(23(30)31-4)20-6-5-18(9-21(20)27)19-11-25-26(14-19)13-17-7-8-24-10-17/h5-6,9,15-17,19,24-25H,7-8,10-14H2,1-4H3/t16-,17-,19?/m0/s1. The molecule has 0 saturated carbocycles. The highest BCUT2D eigenvalue weighted by atomic mass is 16.6. The minimum atomic E-state index is -0.428. The van der Waals surface area contributed by atoms with Crippen molar-refractivity contribution < 1.29 is 19.1 Å². The molecule has 1 aromatic carbocycles. The molecule has 3 heterocycles. The Hall–Kier alpha value is -2.36. The number of hydrogen-bond donors (Lipinski definition) is 2. The molecular formula is C23H35N5O4. The van der Waals surface area contributed by atoms with Crippen LogP contribution in [0.5, 0.6) is 0 Å². The second-order valence-electron chi connectivity index (χ2n) is 9.30. The first-order valence-corrected chi connectivity index (χ1v) is 11.6. The van der Waals surface area contributed by atoms with Gasteiger partial charge in [-0.2, -0.15) is 0 Å². The van der Waals surface area contributed by atoms with Gasteiger partial charge in [0, 0.05) is 25.6 Å². The van der Waals surface area contributed by atoms with E-state index in [2.05, 4.69) is 21.8 Å². The summed E-state index contributed by atoms with van der Waals surface area (Å²) < 4.78 is 10.5. The minimum absolute atomic E-state index is 0.222. The zero-order chi connectivity index (χ0) is 22.8. The Morgan fingerprint density at radius 3 is 2.66 bits per heavy atom. The molecule has 2 saturated heterocycles. The maximum atomic E-state index is 12.9. The highest BCUT2D eigenvalue weighted by Crippen LogP contribution is 2.39. The number of methoxy groups -OCH3 is 1. The quantitative estimate of drug-likeness (QED) is 0.737. The van der Waals surface area contributed by atoms with Gasteiger partial charge in [0.05, 0.1) is 37.2 Å². The number of nitrogens with one attached hydrogen (secondary N) is 2. The van der Waals surface area contributed by atoms with Crippen LogP contribution in [0.4, 0.5) is 21.0 Å². The molecule has 4 rings (SSSR count). The first-order valence-electron chi connectivity index (χ1n) is 11.6. The summed E-state index contributed by atoms with van der Waals surface area (Å²) in [7, 11) is 1.38. The van der Waals surface area contributed by atoms with E-state index in [1.165, 1.54) is 13.5 Å². The summed E-state index contributed by atoms with van der Waals surface area (Å²) in [6, 6.07) is 5.79. The minimum Gasteiger partial charge on any atom is -0.452 e. The van der Waals surface area contributed by atoms with Crippen LogP contribution in [0.25, 0.3) is 0 Å². The average molecular weight is 446 g/mol. The number of amides is 2. The molecule has 3 aliphatic heterocycles. The number of nitrogens with zero attached hydrogens (tertiary/aromatic N) is 3. The molecule has 9 nitrogen and oxygen atoms in total. The largest absolute Gasteiger partial charge is 0.452 e. The molecule has 176 valence electrons. The highest BCUT2D eigenvalue weighted by Gasteiger charge is 2.37. The molecule has 9 heteroatoms. The third-order valence-electron chi connectivity index (χ3n) is 6.48. The van der Waals surface area contributed by atoms with Crippen LogP contribution in [0.15, 0.2) is 18.2 Å². The Morgan fingerprint density at radius 2 is 1.97 bits per heavy atom. The van der Waals surface area contributed by atoms with Crippen LogP contribution in [-0.4, -0.2) is 75.7 Å². The van der Waals surface area contributed by atoms with Crippen molar-refractivity contribution >= 4 is 23.6 Å². The number of carbonyl (C=O) groups is 2. The molecule has 2 N–H and O–H groups in total. The zero-order valence-corrected chi connectivity index (χ0v) is 19.5. The number of hydrazine groups is 1. The van der Waals surface area contributed by atoms with Gasteiger partial charge in [-0.1, -0.05) is 6.07 Å². The normalized spacial score (nSPS) is 25.8. The van der Waals surface area contributed by atoms with Gasteiger partial charge in [0.25, 0.3) is 0 Å². The van der Waals surface area contributed by atoms with Gasteiger partial charge in [-0.15, -0.1) is 0 Å². The lowest BCUT2D eigenvalue weighted by atomic mass is 9.97. The lowest BCUT2D eigenvalue weighted by Crippen LogP contribution is -2.52. The number of carbonyl (C=O) groups excluding carboxylic acids is 2. The fourth-order valence-electron chi connectivity index (χ4n) is 4.89. The summed E-state index contributed by atoms with van der Waals surface area (Å²) in [6.45, 7) is 10.9. The van der Waals surface area contributed by atoms with Crippen molar-refractivity contribution in [3.63, 3.8) is 0 Å². The molecule has 0 aromatic heterocycles. The SMILES string of the molecule is COC(=O)N1c2ccc(C3CNN(C[C@H]4CCNC4)C3)cc2N(C(=O)OC(C)C)C[C@@H]1C. The fourth-order valence-corrected chi connectivity index (χ4v) is 4.89. The first kappa shape index (κ1) is 22.8. The van der Waals surface area contributed by atoms with Crippen LogP contribution in [0.1, 0.15) is 38.7 Å². The number of fused-ring (bicyclic) bond motifs is 1. The van der Waals surface area contributed by atoms with Crippen molar-refractivity contribution in [1.82, 2.24) is 15.8 Å². The number of rotatable bonds is 4. The Kier molecular flexibility index (Phi) is 6.88. The highest BCUT2D eigenvalue weighted by molar-refractivity contribution is 6.00. The van der Waals surface area contributed by atoms with E-state index in [0.29, 0.717) is 29.8 Å². The molecule has 2 fully saturated rings. The van der Waals surface area contributed by atoms with Crippen LogP contribution in [0, 0.1) is 5.92 Å². The monoisotopic (exact) mass is 445 g/mol. The summed E-state index contributed by atoms with van der Waals surface area (Å²) in [5.41, 5.74) is 6.03. The van der Waals surface area contributed by atoms with Gasteiger partial charge in [0.2, 0.25) is 0 Å². The van der Waals surface area contributed by atoms with E-state index in [4.69, 9.17) is 9.47 Å². The number of anilines is 2. The lowest BCUT2D eigenvalue weighted by Gasteiger charge is -2.40. The van der Waals surface area contributed by atoms with Crippen LogP contribution < -0.4 is 20.5 Å². The Labute approximate surface area is 190 Å². The summed E-state index contributed by atoms with van der Waals surface area (Å²) in [5, 5.41) is 5.74. The Morgan fingerprint density at radius 1 is 1.16 bits per heavy atom. The molecule has 3 aliphatic rings. The van der Waals surface area contributed by atoms with Gasteiger partial charge in [0.15, 0.2) is 0 Å². The van der Waals surface area contributed by atoms with Crippen LogP contribution >= 0.6 is 0 Å². The van der Waals surface area contributed by atoms with Crippen molar-refractivity contribution in [3.8, 4) is 0 Å². The molecule has 32 heavy (non-hydrogen) atoms. The molecule has 0 spiro atoms. The van der Waals surface area contributed by atoms with Gasteiger partial charge < -0.3 is 14.8 Å². The lowest BCUT2D eigenvalue weighted by molar-refractivity contribution is 0.121. The Bertz CT molecular complexity index is 842. The van der Waals surface area contributed by atoms with E-state index in [9.17, 15) is 9.59 Å². The fraction of sp³-hybridized carbons (Fsp3) is 0.652. The first-order chi connectivity index (χ1) is 15.4. The van der Waals surface area contributed by atoms with Crippen LogP contribution in [-0.2, 0) is 9.47 Å². The van der Waals surface area contributed by atoms with E-state index in [1.807, 2.05) is 32.9 Å². The van der Waals surface area contributed by atoms with Gasteiger partial charge >= 0.3 is 12.2 Å². The van der Waals surface area contributed by atoms with Gasteiger partial charge in [-0.25, -0.2) is 14.6 Å². The smallest absolute Gasteiger partial charge is 0.414 e. The van der Waals surface area contributed by atoms with Crippen molar-refractivity contribution in [3.05, 3.63) is 23.8 Å². The van der Waals surface area contributed by atoms with Crippen LogP contribution in [0.2, 0.25) is 0 Å². The maximum Gasteiger partial charge on any atom is 0.414 e. The van der Waals surface area contributed by atoms with Crippen molar-refractivity contribution in [2.45, 2.75) is 45.3 Å². The second kappa shape index (κ2) is 9.64. The molecule has 0 bridgehead atoms. The second-order valence-corrected chi connectivity index (χ2v) is 9.30. The van der Waals surface area contributed by atoms with E-state index < -0.39 is 12.2 Å². The summed E-state index contributed by atoms with van der Waals surface area (Å²) in [4.78, 5) is 28.6. The topological polar surface area (TPSA) is 86.4 Å². The number of hydrogen-bond acceptors (Lipinski definition) is 7. The molecular weight excluding hydrogens is 410 g/mol. The Balaban J connectivity index is 1.58. The molecule has 3 atom stereocenters. The molecule has 0 radical (unpaired) electrons. The van der Waals surface area contributed by atoms with Crippen molar-refractivity contribution in [2.75, 3.05) is 56.2 Å². The summed E-state index contributed by atoms with van der Waals surface area (Å²) in [5.74, 6) is 0.990. The van der Waals surface area contributed by atoms with Crippen molar-refractivity contribution in [2.24, 2.45) is 5.92 Å². The summed E-state index contributed by atoms with van der Waals surface area (Å²) in [6.07, 6.45) is 0.175. The molecule has 2 amide bonds. The third kappa shape index (κ3) is 4.69. The van der Waals surface area contributed by atoms with E-state index in [1.54, 1.807) is 9.80 Å². The molecule has 1 aromatic rings. The van der Waals surface area contributed by atoms with Crippen LogP contribution in [0.3, 0.4) is 0 Å². The number of ether oxygens (including phenoxy) is 2. The summed E-state index contributed by atoms with van der Waals surface area (Å²) >= 11 is 0. The number of benzene rings is 1. The van der Waals surface area contributed by atoms with E-state index in [-0.39, 0.29) is 12.1 Å². The molecule has 0 aliphatic carbocycles. The predicted octanol–water partition coefficient (Wildman–Crippen LogP) is 2.53. The van der Waals surface area contributed by atoms with Gasteiger partial charge in [-0.3, -0.25) is 15.2 Å². The van der Waals surface area contributed by atoms with Gasteiger partial charge in [-0.05, 0) is 63.9 Å². The van der Waals surface area contributed by atoms with E-state index >= 15 is 0 Å². The maximum absolute atomic E-state index is 12.9. The van der Waals surface area contributed by atoms with Crippen molar-refractivity contribution in [1.29, 1.82) is 0 Å².